The summed E-state index contributed by atoms with van der Waals surface area (Å²) in [5, 5.41) is 16.9. The molecule has 3 heterocycles. The highest BCUT2D eigenvalue weighted by Gasteiger charge is 2.51. The van der Waals surface area contributed by atoms with Gasteiger partial charge in [-0.05, 0) is 37.5 Å². The number of nitrogens with one attached hydrogen (secondary N) is 1. The number of carbonyl (C=O) groups excluding carboxylic acids is 1. The molecule has 142 valence electrons. The number of carbonyl (C=O) groups is 2. The molecule has 0 radical (unpaired) electrons. The Kier molecular flexibility index (Phi) is 4.47. The summed E-state index contributed by atoms with van der Waals surface area (Å²) in [5.41, 5.74) is 2.78. The first-order valence-corrected chi connectivity index (χ1v) is 9.32. The van der Waals surface area contributed by atoms with Gasteiger partial charge in [0.1, 0.15) is 0 Å². The van der Waals surface area contributed by atoms with Crippen molar-refractivity contribution in [2.75, 3.05) is 13.1 Å². The number of carboxylic acid groups (broad SMARTS) is 1. The smallest absolute Gasteiger partial charge is 0.309 e. The number of nitrogens with zero attached hydrogens (tertiary/aromatic N) is 3. The summed E-state index contributed by atoms with van der Waals surface area (Å²) in [6, 6.07) is 8.20. The molecule has 2 aliphatic heterocycles. The van der Waals surface area contributed by atoms with E-state index >= 15 is 0 Å². The van der Waals surface area contributed by atoms with Gasteiger partial charge in [-0.15, -0.1) is 0 Å². The average Bonchev–Trinajstić information content (AvgIpc) is 3.22. The number of amides is 1. The van der Waals surface area contributed by atoms with Crippen LogP contribution in [0.2, 0.25) is 0 Å². The van der Waals surface area contributed by atoms with Crippen molar-refractivity contribution < 1.29 is 14.7 Å². The van der Waals surface area contributed by atoms with Crippen LogP contribution in [0.15, 0.2) is 36.7 Å². The van der Waals surface area contributed by atoms with Gasteiger partial charge in [0, 0.05) is 37.8 Å². The lowest BCUT2D eigenvalue weighted by molar-refractivity contribution is -0.144. The molecule has 1 aromatic carbocycles. The molecule has 27 heavy (non-hydrogen) atoms. The number of aromatic nitrogens is 2. The van der Waals surface area contributed by atoms with Crippen molar-refractivity contribution in [1.29, 1.82) is 0 Å². The fourth-order valence-corrected chi connectivity index (χ4v) is 4.32. The monoisotopic (exact) mass is 368 g/mol. The van der Waals surface area contributed by atoms with E-state index in [1.165, 1.54) is 5.56 Å². The summed E-state index contributed by atoms with van der Waals surface area (Å²) in [5.74, 6) is -1.63. The van der Waals surface area contributed by atoms with Gasteiger partial charge in [0.2, 0.25) is 5.91 Å². The van der Waals surface area contributed by atoms with Crippen molar-refractivity contribution in [3.05, 3.63) is 47.8 Å². The van der Waals surface area contributed by atoms with Gasteiger partial charge in [0.25, 0.3) is 0 Å². The number of likely N-dealkylation sites (tertiary alicyclic amines) is 1. The molecule has 0 aliphatic carbocycles. The van der Waals surface area contributed by atoms with Gasteiger partial charge < -0.3 is 10.4 Å². The van der Waals surface area contributed by atoms with E-state index in [2.05, 4.69) is 34.4 Å². The van der Waals surface area contributed by atoms with Gasteiger partial charge in [-0.25, -0.2) is 4.68 Å². The number of benzene rings is 1. The van der Waals surface area contributed by atoms with E-state index in [1.807, 2.05) is 29.2 Å². The lowest BCUT2D eigenvalue weighted by Crippen LogP contribution is -2.55. The van der Waals surface area contributed by atoms with Gasteiger partial charge in [0.05, 0.1) is 23.3 Å². The zero-order valence-electron chi connectivity index (χ0n) is 15.4. The minimum absolute atomic E-state index is 0.0958. The van der Waals surface area contributed by atoms with Gasteiger partial charge in [-0.3, -0.25) is 14.5 Å². The summed E-state index contributed by atoms with van der Waals surface area (Å²) in [6.45, 7) is 4.36. The van der Waals surface area contributed by atoms with Gasteiger partial charge in [0.15, 0.2) is 0 Å². The van der Waals surface area contributed by atoms with Crippen molar-refractivity contribution in [3.63, 3.8) is 0 Å². The summed E-state index contributed by atoms with van der Waals surface area (Å²) >= 11 is 0. The Labute approximate surface area is 158 Å². The number of hydrogen-bond acceptors (Lipinski definition) is 4. The summed E-state index contributed by atoms with van der Waals surface area (Å²) in [4.78, 5) is 25.6. The van der Waals surface area contributed by atoms with E-state index in [0.717, 1.165) is 30.9 Å². The van der Waals surface area contributed by atoms with Crippen LogP contribution in [-0.2, 0) is 16.1 Å². The normalized spacial score (nSPS) is 22.1. The van der Waals surface area contributed by atoms with Gasteiger partial charge in [-0.1, -0.05) is 12.1 Å². The average molecular weight is 368 g/mol. The van der Waals surface area contributed by atoms with Crippen LogP contribution >= 0.6 is 0 Å². The molecule has 2 aliphatic rings. The molecule has 4 rings (SSSR count). The number of hydrogen-bond donors (Lipinski definition) is 2. The lowest BCUT2D eigenvalue weighted by atomic mass is 9.77. The molecular weight excluding hydrogens is 344 g/mol. The summed E-state index contributed by atoms with van der Waals surface area (Å²) < 4.78 is 1.88. The van der Waals surface area contributed by atoms with E-state index in [0.29, 0.717) is 12.8 Å². The largest absolute Gasteiger partial charge is 0.481 e. The Hall–Kier alpha value is -2.67. The highest BCUT2D eigenvalue weighted by atomic mass is 16.4. The van der Waals surface area contributed by atoms with E-state index in [1.54, 1.807) is 0 Å². The Morgan fingerprint density at radius 1 is 1.37 bits per heavy atom. The quantitative estimate of drug-likeness (QED) is 0.858. The lowest BCUT2D eigenvalue weighted by Gasteiger charge is -2.41. The molecule has 0 bridgehead atoms. The van der Waals surface area contributed by atoms with Crippen LogP contribution in [0.3, 0.4) is 0 Å². The van der Waals surface area contributed by atoms with Crippen LogP contribution in [0.25, 0.3) is 5.69 Å². The molecule has 1 atom stereocenters. The minimum atomic E-state index is -0.874. The standard InChI is InChI=1S/C20H24N4O3/c1-14-3-2-4-16(9-14)24-13-15(11-21-24)12-23-7-5-20(6-8-23)17(19(26)27)10-18(25)22-20/h2-4,9,11,13,17H,5-8,10,12H2,1H3,(H,22,25)(H,26,27). The minimum Gasteiger partial charge on any atom is -0.481 e. The van der Waals surface area contributed by atoms with E-state index in [-0.39, 0.29) is 12.3 Å². The zero-order chi connectivity index (χ0) is 19.0. The van der Waals surface area contributed by atoms with Crippen LogP contribution in [-0.4, -0.2) is 50.3 Å². The molecule has 2 aromatic rings. The molecule has 2 saturated heterocycles. The topological polar surface area (TPSA) is 87.5 Å². The number of rotatable bonds is 4. The third-order valence-electron chi connectivity index (χ3n) is 5.80. The SMILES string of the molecule is Cc1cccc(-n2cc(CN3CCC4(CC3)NC(=O)CC4C(=O)O)cn2)c1. The Bertz CT molecular complexity index is 868. The fraction of sp³-hybridized carbons (Fsp3) is 0.450. The third-order valence-corrected chi connectivity index (χ3v) is 5.80. The third kappa shape index (κ3) is 3.47. The molecule has 7 nitrogen and oxygen atoms in total. The van der Waals surface area contributed by atoms with E-state index in [9.17, 15) is 14.7 Å². The Morgan fingerprint density at radius 2 is 2.15 bits per heavy atom. The predicted molar refractivity (Wildman–Crippen MR) is 99.4 cm³/mol. The van der Waals surface area contributed by atoms with Crippen LogP contribution in [0.1, 0.15) is 30.4 Å². The highest BCUT2D eigenvalue weighted by molar-refractivity contribution is 5.88. The predicted octanol–water partition coefficient (Wildman–Crippen LogP) is 1.74. The van der Waals surface area contributed by atoms with Gasteiger partial charge in [-0.2, -0.15) is 5.10 Å². The van der Waals surface area contributed by atoms with Crippen molar-refractivity contribution in [2.24, 2.45) is 5.92 Å². The molecule has 2 fully saturated rings. The Balaban J connectivity index is 1.40. The second-order valence-corrected chi connectivity index (χ2v) is 7.71. The highest BCUT2D eigenvalue weighted by Crippen LogP contribution is 2.37. The summed E-state index contributed by atoms with van der Waals surface area (Å²) in [6.07, 6.45) is 5.35. The molecule has 7 heteroatoms. The van der Waals surface area contributed by atoms with Crippen LogP contribution in [0.5, 0.6) is 0 Å². The van der Waals surface area contributed by atoms with Crippen LogP contribution in [0, 0.1) is 12.8 Å². The number of aliphatic carboxylic acids is 1. The molecule has 1 unspecified atom stereocenters. The molecule has 1 aromatic heterocycles. The molecule has 1 spiro atoms. The van der Waals surface area contributed by atoms with Crippen molar-refractivity contribution in [1.82, 2.24) is 20.0 Å². The van der Waals surface area contributed by atoms with Crippen molar-refractivity contribution in [2.45, 2.75) is 38.3 Å². The maximum atomic E-state index is 11.8. The number of aryl methyl sites for hydroxylation is 1. The van der Waals surface area contributed by atoms with Gasteiger partial charge >= 0.3 is 5.97 Å². The first-order chi connectivity index (χ1) is 12.9. The molecular formula is C20H24N4O3. The first-order valence-electron chi connectivity index (χ1n) is 9.32. The number of piperidine rings is 1. The molecule has 1 amide bonds. The van der Waals surface area contributed by atoms with E-state index < -0.39 is 17.4 Å². The Morgan fingerprint density at radius 3 is 2.85 bits per heavy atom. The van der Waals surface area contributed by atoms with Crippen molar-refractivity contribution in [3.8, 4) is 5.69 Å². The van der Waals surface area contributed by atoms with E-state index in [4.69, 9.17) is 0 Å². The first kappa shape index (κ1) is 17.7. The fourth-order valence-electron chi connectivity index (χ4n) is 4.32. The zero-order valence-corrected chi connectivity index (χ0v) is 15.4. The number of carboxylic acids is 1. The summed E-state index contributed by atoms with van der Waals surface area (Å²) in [7, 11) is 0. The van der Waals surface area contributed by atoms with Crippen LogP contribution in [0.4, 0.5) is 0 Å². The van der Waals surface area contributed by atoms with Crippen molar-refractivity contribution >= 4 is 11.9 Å². The maximum Gasteiger partial charge on any atom is 0.309 e. The molecule has 2 N–H and O–H groups in total. The second-order valence-electron chi connectivity index (χ2n) is 7.71. The van der Waals surface area contributed by atoms with Crippen LogP contribution < -0.4 is 5.32 Å². The second kappa shape index (κ2) is 6.81. The maximum absolute atomic E-state index is 11.8. The molecule has 0 saturated carbocycles.